The second-order valence-corrected chi connectivity index (χ2v) is 7.07. The van der Waals surface area contributed by atoms with Crippen LogP contribution in [0.15, 0.2) is 24.3 Å². The molecule has 4 rings (SSSR count). The molecule has 0 amide bonds. The Kier molecular flexibility index (Phi) is 4.25. The largest absolute Gasteiger partial charge is 0.454 e. The second kappa shape index (κ2) is 6.56. The molecule has 0 radical (unpaired) electrons. The fourth-order valence-electron chi connectivity index (χ4n) is 4.02. The van der Waals surface area contributed by atoms with Crippen molar-refractivity contribution in [3.8, 4) is 17.2 Å². The first kappa shape index (κ1) is 16.2. The lowest BCUT2D eigenvalue weighted by molar-refractivity contribution is -0.896. The number of piperidine rings is 1. The van der Waals surface area contributed by atoms with E-state index in [4.69, 9.17) is 9.47 Å². The van der Waals surface area contributed by atoms with Crippen LogP contribution in [-0.2, 0) is 0 Å². The average Bonchev–Trinajstić information content (AvgIpc) is 3.19. The quantitative estimate of drug-likeness (QED) is 0.866. The minimum absolute atomic E-state index is 0.247. The Labute approximate surface area is 148 Å². The first-order valence-corrected chi connectivity index (χ1v) is 9.09. The van der Waals surface area contributed by atoms with Crippen LogP contribution in [0, 0.1) is 13.8 Å². The summed E-state index contributed by atoms with van der Waals surface area (Å²) in [5.74, 6) is 1.78. The van der Waals surface area contributed by atoms with Gasteiger partial charge in [-0.05, 0) is 51.3 Å². The maximum absolute atomic E-state index is 12.8. The number of ether oxygens (including phenoxy) is 2. The monoisotopic (exact) mass is 341 g/mol. The van der Waals surface area contributed by atoms with Gasteiger partial charge in [0.05, 0.1) is 13.1 Å². The van der Waals surface area contributed by atoms with Gasteiger partial charge in [-0.2, -0.15) is 0 Å². The molecule has 25 heavy (non-hydrogen) atoms. The molecule has 132 valence electrons. The van der Waals surface area contributed by atoms with Crippen LogP contribution in [0.4, 0.5) is 0 Å². The second-order valence-electron chi connectivity index (χ2n) is 7.07. The number of carbonyl (C=O) groups excluding carboxylic acids is 1. The molecule has 5 heteroatoms. The van der Waals surface area contributed by atoms with Crippen molar-refractivity contribution >= 4 is 5.78 Å². The van der Waals surface area contributed by atoms with E-state index >= 15 is 0 Å². The van der Waals surface area contributed by atoms with Gasteiger partial charge in [0, 0.05) is 28.7 Å². The Hall–Kier alpha value is -2.27. The average molecular weight is 341 g/mol. The minimum Gasteiger partial charge on any atom is -0.454 e. The van der Waals surface area contributed by atoms with Crippen LogP contribution in [0.25, 0.3) is 5.69 Å². The number of fused-ring (bicyclic) bond motifs is 1. The van der Waals surface area contributed by atoms with E-state index in [-0.39, 0.29) is 12.6 Å². The Balaban J connectivity index is 1.61. The maximum Gasteiger partial charge on any atom is 0.231 e. The Bertz CT molecular complexity index is 804. The number of nitrogens with one attached hydrogen (secondary N) is 1. The van der Waals surface area contributed by atoms with Gasteiger partial charge in [-0.25, -0.2) is 0 Å². The summed E-state index contributed by atoms with van der Waals surface area (Å²) in [4.78, 5) is 14.3. The van der Waals surface area contributed by atoms with Crippen LogP contribution in [0.2, 0.25) is 0 Å². The van der Waals surface area contributed by atoms with E-state index in [0.29, 0.717) is 6.54 Å². The highest BCUT2D eigenvalue weighted by molar-refractivity contribution is 5.98. The molecule has 0 aliphatic carbocycles. The van der Waals surface area contributed by atoms with E-state index in [1.54, 1.807) is 0 Å². The molecule has 1 aromatic heterocycles. The number of likely N-dealkylation sites (tertiary alicyclic amines) is 1. The van der Waals surface area contributed by atoms with Gasteiger partial charge in [0.1, 0.15) is 6.54 Å². The number of ketones is 1. The van der Waals surface area contributed by atoms with Crippen molar-refractivity contribution < 1.29 is 19.2 Å². The molecular weight excluding hydrogens is 316 g/mol. The number of carbonyl (C=O) groups is 1. The Morgan fingerprint density at radius 2 is 1.84 bits per heavy atom. The number of hydrogen-bond acceptors (Lipinski definition) is 3. The predicted octanol–water partition coefficient (Wildman–Crippen LogP) is 2.07. The minimum atomic E-state index is 0.247. The number of rotatable bonds is 4. The van der Waals surface area contributed by atoms with E-state index in [1.807, 2.05) is 38.1 Å². The van der Waals surface area contributed by atoms with E-state index in [9.17, 15) is 4.79 Å². The summed E-state index contributed by atoms with van der Waals surface area (Å²) in [6.07, 6.45) is 3.77. The van der Waals surface area contributed by atoms with E-state index in [0.717, 1.165) is 47.2 Å². The number of Topliss-reactive ketones (excluding diaryl/α,β-unsaturated/α-hetero) is 1. The summed E-state index contributed by atoms with van der Waals surface area (Å²) < 4.78 is 13.0. The maximum atomic E-state index is 12.8. The van der Waals surface area contributed by atoms with Crippen LogP contribution in [0.5, 0.6) is 11.5 Å². The number of quaternary nitrogens is 1. The third-order valence-electron chi connectivity index (χ3n) is 5.32. The lowest BCUT2D eigenvalue weighted by Crippen LogP contribution is -3.13. The molecule has 2 aliphatic heterocycles. The first-order valence-electron chi connectivity index (χ1n) is 9.09. The molecule has 1 saturated heterocycles. The van der Waals surface area contributed by atoms with Crippen LogP contribution < -0.4 is 14.4 Å². The topological polar surface area (TPSA) is 44.9 Å². The summed E-state index contributed by atoms with van der Waals surface area (Å²) in [5.41, 5.74) is 3.91. The summed E-state index contributed by atoms with van der Waals surface area (Å²) in [6, 6.07) is 7.94. The van der Waals surface area contributed by atoms with Crippen molar-refractivity contribution in [2.45, 2.75) is 33.1 Å². The molecule has 2 aromatic rings. The molecule has 1 aromatic carbocycles. The van der Waals surface area contributed by atoms with Crippen molar-refractivity contribution in [1.29, 1.82) is 0 Å². The van der Waals surface area contributed by atoms with Crippen molar-refractivity contribution in [2.24, 2.45) is 0 Å². The zero-order valence-corrected chi connectivity index (χ0v) is 14.9. The molecule has 1 N–H and O–H groups in total. The molecule has 0 bridgehead atoms. The zero-order chi connectivity index (χ0) is 17.4. The van der Waals surface area contributed by atoms with Crippen molar-refractivity contribution in [1.82, 2.24) is 4.57 Å². The Morgan fingerprint density at radius 3 is 2.64 bits per heavy atom. The third kappa shape index (κ3) is 3.04. The van der Waals surface area contributed by atoms with Crippen LogP contribution in [-0.4, -0.2) is 36.8 Å². The molecule has 3 heterocycles. The molecule has 5 nitrogen and oxygen atoms in total. The van der Waals surface area contributed by atoms with Crippen molar-refractivity contribution in [3.63, 3.8) is 0 Å². The molecular formula is C20H25N2O3+. The zero-order valence-electron chi connectivity index (χ0n) is 14.9. The lowest BCUT2D eigenvalue weighted by atomic mass is 10.1. The number of aromatic nitrogens is 1. The number of aryl methyl sites for hydroxylation is 1. The van der Waals surface area contributed by atoms with Crippen molar-refractivity contribution in [2.75, 3.05) is 26.4 Å². The number of nitrogens with zero attached hydrogens (tertiary/aromatic N) is 1. The first-order chi connectivity index (χ1) is 12.1. The highest BCUT2D eigenvalue weighted by atomic mass is 16.7. The fraction of sp³-hybridized carbons (Fsp3) is 0.450. The van der Waals surface area contributed by atoms with Gasteiger partial charge in [-0.3, -0.25) is 4.79 Å². The SMILES string of the molecule is Cc1cc(C(=O)C[NH+]2CCCCC2)c(C)n1-c1ccc2c(c1)OCO2. The van der Waals surface area contributed by atoms with Crippen LogP contribution in [0.1, 0.15) is 41.0 Å². The number of hydrogen-bond donors (Lipinski definition) is 1. The Morgan fingerprint density at radius 1 is 1.08 bits per heavy atom. The van der Waals surface area contributed by atoms with Gasteiger partial charge < -0.3 is 18.9 Å². The van der Waals surface area contributed by atoms with E-state index in [1.165, 1.54) is 24.2 Å². The standard InChI is InChI=1S/C20H24N2O3/c1-14-10-17(18(23)12-21-8-4-3-5-9-21)15(2)22(14)16-6-7-19-20(11-16)25-13-24-19/h6-7,10-11H,3-5,8-9,12-13H2,1-2H3/p+1. The summed E-state index contributed by atoms with van der Waals surface area (Å²) in [5, 5.41) is 0. The molecule has 1 fully saturated rings. The van der Waals surface area contributed by atoms with Crippen molar-refractivity contribution in [3.05, 3.63) is 41.2 Å². The highest BCUT2D eigenvalue weighted by Gasteiger charge is 2.23. The highest BCUT2D eigenvalue weighted by Crippen LogP contribution is 2.34. The van der Waals surface area contributed by atoms with Gasteiger partial charge in [-0.15, -0.1) is 0 Å². The normalized spacial score (nSPS) is 17.0. The van der Waals surface area contributed by atoms with Gasteiger partial charge in [0.2, 0.25) is 12.6 Å². The molecule has 0 saturated carbocycles. The van der Waals surface area contributed by atoms with Crippen LogP contribution >= 0.6 is 0 Å². The van der Waals surface area contributed by atoms with E-state index in [2.05, 4.69) is 4.57 Å². The van der Waals surface area contributed by atoms with Gasteiger partial charge in [-0.1, -0.05) is 0 Å². The smallest absolute Gasteiger partial charge is 0.231 e. The van der Waals surface area contributed by atoms with E-state index < -0.39 is 0 Å². The molecule has 2 aliphatic rings. The summed E-state index contributed by atoms with van der Waals surface area (Å²) in [6.45, 7) is 7.17. The molecule has 0 atom stereocenters. The third-order valence-corrected chi connectivity index (χ3v) is 5.32. The molecule has 0 spiro atoms. The van der Waals surface area contributed by atoms with Gasteiger partial charge in [0.25, 0.3) is 0 Å². The van der Waals surface area contributed by atoms with Gasteiger partial charge in [0.15, 0.2) is 11.5 Å². The van der Waals surface area contributed by atoms with Gasteiger partial charge >= 0.3 is 0 Å². The predicted molar refractivity (Wildman–Crippen MR) is 95.1 cm³/mol. The lowest BCUT2D eigenvalue weighted by Gasteiger charge is -2.22. The fourth-order valence-corrected chi connectivity index (χ4v) is 4.02. The summed E-state index contributed by atoms with van der Waals surface area (Å²) in [7, 11) is 0. The molecule has 0 unspecified atom stereocenters. The summed E-state index contributed by atoms with van der Waals surface area (Å²) >= 11 is 0. The number of benzene rings is 1. The van der Waals surface area contributed by atoms with Crippen LogP contribution in [0.3, 0.4) is 0 Å².